The average molecular weight is 342 g/mol. The van der Waals surface area contributed by atoms with Crippen molar-refractivity contribution in [3.8, 4) is 11.4 Å². The predicted molar refractivity (Wildman–Crippen MR) is 90.9 cm³/mol. The Bertz CT molecular complexity index is 868. The van der Waals surface area contributed by atoms with Crippen molar-refractivity contribution in [3.63, 3.8) is 0 Å². The summed E-state index contributed by atoms with van der Waals surface area (Å²) in [5.74, 6) is 0.866. The quantitative estimate of drug-likeness (QED) is 0.501. The van der Waals surface area contributed by atoms with Crippen molar-refractivity contribution in [1.82, 2.24) is 19.9 Å². The molecular weight excluding hydrogens is 324 g/mol. The lowest BCUT2D eigenvalue weighted by atomic mass is 10.2. The largest absolute Gasteiger partial charge is 0.357 e. The van der Waals surface area contributed by atoms with E-state index < -0.39 is 4.92 Å². The van der Waals surface area contributed by atoms with Crippen LogP contribution < -0.4 is 4.90 Å². The fraction of sp³-hybridized carbons (Fsp3) is 0.312. The first kappa shape index (κ1) is 16.6. The zero-order valence-corrected chi connectivity index (χ0v) is 14.2. The van der Waals surface area contributed by atoms with Gasteiger partial charge in [0.25, 0.3) is 5.69 Å². The highest BCUT2D eigenvalue weighted by Gasteiger charge is 2.18. The molecule has 0 aliphatic carbocycles. The number of anilines is 1. The Morgan fingerprint density at radius 2 is 2.04 bits per heavy atom. The molecule has 0 fully saturated rings. The Morgan fingerprint density at radius 3 is 2.60 bits per heavy atom. The Labute approximate surface area is 144 Å². The summed E-state index contributed by atoms with van der Waals surface area (Å²) < 4.78 is 7.08. The second-order valence-corrected chi connectivity index (χ2v) is 5.91. The molecule has 0 unspecified atom stereocenters. The number of rotatable bonds is 6. The van der Waals surface area contributed by atoms with E-state index in [0.29, 0.717) is 23.8 Å². The highest BCUT2D eigenvalue weighted by molar-refractivity contribution is 5.56. The van der Waals surface area contributed by atoms with Gasteiger partial charge < -0.3 is 9.42 Å². The van der Waals surface area contributed by atoms with Gasteiger partial charge in [0.1, 0.15) is 0 Å². The first-order valence-electron chi connectivity index (χ1n) is 7.76. The van der Waals surface area contributed by atoms with Crippen molar-refractivity contribution >= 4 is 11.4 Å². The van der Waals surface area contributed by atoms with Crippen LogP contribution >= 0.6 is 0 Å². The van der Waals surface area contributed by atoms with Crippen LogP contribution in [0.1, 0.15) is 19.7 Å². The average Bonchev–Trinajstić information content (AvgIpc) is 3.21. The van der Waals surface area contributed by atoms with Gasteiger partial charge in [-0.1, -0.05) is 5.16 Å². The van der Waals surface area contributed by atoms with Crippen LogP contribution in [0, 0.1) is 10.1 Å². The first-order valence-corrected chi connectivity index (χ1v) is 7.76. The Hall–Kier alpha value is -3.23. The van der Waals surface area contributed by atoms with Gasteiger partial charge in [0.15, 0.2) is 0 Å². The highest BCUT2D eigenvalue weighted by atomic mass is 16.6. The van der Waals surface area contributed by atoms with Gasteiger partial charge in [-0.25, -0.2) is 0 Å². The number of hydrogen-bond donors (Lipinski definition) is 0. The predicted octanol–water partition coefficient (Wildman–Crippen LogP) is 2.79. The van der Waals surface area contributed by atoms with E-state index in [0.717, 1.165) is 5.69 Å². The topological polar surface area (TPSA) is 103 Å². The van der Waals surface area contributed by atoms with Gasteiger partial charge in [0.2, 0.25) is 11.7 Å². The van der Waals surface area contributed by atoms with Crippen LogP contribution in [-0.4, -0.2) is 30.9 Å². The molecule has 3 aromatic rings. The molecule has 25 heavy (non-hydrogen) atoms. The Balaban J connectivity index is 1.79. The van der Waals surface area contributed by atoms with Crippen molar-refractivity contribution in [2.45, 2.75) is 26.4 Å². The van der Waals surface area contributed by atoms with Crippen LogP contribution in [0.3, 0.4) is 0 Å². The van der Waals surface area contributed by atoms with Crippen LogP contribution in [0.2, 0.25) is 0 Å². The molecule has 0 atom stereocenters. The number of nitro groups is 1. The molecule has 2 aromatic heterocycles. The lowest BCUT2D eigenvalue weighted by Crippen LogP contribution is -2.29. The molecule has 9 heteroatoms. The van der Waals surface area contributed by atoms with Gasteiger partial charge in [0, 0.05) is 37.0 Å². The van der Waals surface area contributed by atoms with Gasteiger partial charge in [0.05, 0.1) is 23.4 Å². The number of hydrogen-bond acceptors (Lipinski definition) is 7. The summed E-state index contributed by atoms with van der Waals surface area (Å²) in [6.45, 7) is 4.59. The highest BCUT2D eigenvalue weighted by Crippen LogP contribution is 2.22. The van der Waals surface area contributed by atoms with Crippen LogP contribution in [0.5, 0.6) is 0 Å². The van der Waals surface area contributed by atoms with Crippen molar-refractivity contribution in [2.75, 3.05) is 4.90 Å². The van der Waals surface area contributed by atoms with Crippen molar-refractivity contribution < 1.29 is 9.45 Å². The standard InChI is InChI=1S/C16H18N6O3/c1-11(2)21(14-8-17-20(3)9-14)10-15-18-16(19-25-15)12-4-6-13(7-5-12)22(23)24/h4-9,11H,10H2,1-3H3. The van der Waals surface area contributed by atoms with Gasteiger partial charge in [-0.15, -0.1) is 0 Å². The molecule has 0 amide bonds. The fourth-order valence-corrected chi connectivity index (χ4v) is 2.44. The summed E-state index contributed by atoms with van der Waals surface area (Å²) in [6, 6.07) is 6.27. The van der Waals surface area contributed by atoms with Gasteiger partial charge in [-0.2, -0.15) is 10.1 Å². The minimum atomic E-state index is -0.445. The van der Waals surface area contributed by atoms with Crippen LogP contribution in [0.15, 0.2) is 41.2 Å². The van der Waals surface area contributed by atoms with Crippen LogP contribution in [0.25, 0.3) is 11.4 Å². The second-order valence-electron chi connectivity index (χ2n) is 5.91. The molecule has 130 valence electrons. The number of nitro benzene ring substituents is 1. The Morgan fingerprint density at radius 1 is 1.32 bits per heavy atom. The zero-order chi connectivity index (χ0) is 18.0. The van der Waals surface area contributed by atoms with Crippen molar-refractivity contribution in [2.24, 2.45) is 7.05 Å². The first-order chi connectivity index (χ1) is 11.9. The summed E-state index contributed by atoms with van der Waals surface area (Å²) in [6.07, 6.45) is 3.71. The molecule has 0 spiro atoms. The summed E-state index contributed by atoms with van der Waals surface area (Å²) in [4.78, 5) is 16.8. The molecule has 0 aliphatic rings. The van der Waals surface area contributed by atoms with Gasteiger partial charge >= 0.3 is 0 Å². The van der Waals surface area contributed by atoms with Gasteiger partial charge in [-0.3, -0.25) is 14.8 Å². The number of nitrogens with zero attached hydrogens (tertiary/aromatic N) is 6. The molecule has 3 rings (SSSR count). The van der Waals surface area contributed by atoms with Gasteiger partial charge in [-0.05, 0) is 26.0 Å². The Kier molecular flexibility index (Phi) is 4.46. The molecule has 0 bridgehead atoms. The van der Waals surface area contributed by atoms with E-state index in [4.69, 9.17) is 4.52 Å². The molecule has 0 saturated heterocycles. The summed E-state index contributed by atoms with van der Waals surface area (Å²) >= 11 is 0. The molecule has 0 N–H and O–H groups in total. The molecule has 2 heterocycles. The molecule has 0 saturated carbocycles. The fourth-order valence-electron chi connectivity index (χ4n) is 2.44. The third kappa shape index (κ3) is 3.65. The van der Waals surface area contributed by atoms with E-state index in [1.54, 1.807) is 23.0 Å². The number of aryl methyl sites for hydroxylation is 1. The molecule has 1 aromatic carbocycles. The lowest BCUT2D eigenvalue weighted by molar-refractivity contribution is -0.384. The summed E-state index contributed by atoms with van der Waals surface area (Å²) in [5.41, 5.74) is 1.65. The van der Waals surface area contributed by atoms with Crippen molar-refractivity contribution in [1.29, 1.82) is 0 Å². The summed E-state index contributed by atoms with van der Waals surface area (Å²) in [5, 5.41) is 18.9. The molecule has 0 radical (unpaired) electrons. The minimum Gasteiger partial charge on any atom is -0.357 e. The summed E-state index contributed by atoms with van der Waals surface area (Å²) in [7, 11) is 1.86. The van der Waals surface area contributed by atoms with E-state index in [-0.39, 0.29) is 11.7 Å². The van der Waals surface area contributed by atoms with Crippen molar-refractivity contribution in [3.05, 3.63) is 52.7 Å². The number of aromatic nitrogens is 4. The number of non-ortho nitro benzene ring substituents is 1. The maximum atomic E-state index is 10.7. The van der Waals surface area contributed by atoms with E-state index in [1.165, 1.54) is 12.1 Å². The van der Waals surface area contributed by atoms with E-state index in [9.17, 15) is 10.1 Å². The second kappa shape index (κ2) is 6.71. The molecular formula is C16H18N6O3. The third-order valence-electron chi connectivity index (χ3n) is 3.76. The normalized spacial score (nSPS) is 11.0. The maximum Gasteiger partial charge on any atom is 0.269 e. The van der Waals surface area contributed by atoms with Crippen LogP contribution in [-0.2, 0) is 13.6 Å². The third-order valence-corrected chi connectivity index (χ3v) is 3.76. The lowest BCUT2D eigenvalue weighted by Gasteiger charge is -2.25. The van der Waals surface area contributed by atoms with E-state index >= 15 is 0 Å². The monoisotopic (exact) mass is 342 g/mol. The maximum absolute atomic E-state index is 10.7. The number of benzene rings is 1. The molecule has 9 nitrogen and oxygen atoms in total. The smallest absolute Gasteiger partial charge is 0.269 e. The molecule has 0 aliphatic heterocycles. The van der Waals surface area contributed by atoms with E-state index in [1.807, 2.05) is 13.2 Å². The SMILES string of the molecule is CC(C)N(Cc1nc(-c2ccc([N+](=O)[O-])cc2)no1)c1cnn(C)c1. The van der Waals surface area contributed by atoms with Crippen LogP contribution in [0.4, 0.5) is 11.4 Å². The van der Waals surface area contributed by atoms with E-state index in [2.05, 4.69) is 34.0 Å². The zero-order valence-electron chi connectivity index (χ0n) is 14.2. The minimum absolute atomic E-state index is 0.0232.